The number of hydrogen-bond donors (Lipinski definition) is 4. The number of furan rings is 1. The van der Waals surface area contributed by atoms with E-state index in [0.717, 1.165) is 16.1 Å². The monoisotopic (exact) mass is 410 g/mol. The lowest BCUT2D eigenvalue weighted by molar-refractivity contribution is 0.184. The van der Waals surface area contributed by atoms with Crippen LogP contribution in [0.2, 0.25) is 0 Å². The fourth-order valence-corrected chi connectivity index (χ4v) is 3.95. The molecule has 4 N–H and O–H groups in total. The number of thiophene rings is 1. The van der Waals surface area contributed by atoms with Gasteiger partial charge in [-0.2, -0.15) is 5.10 Å². The van der Waals surface area contributed by atoms with Crippen LogP contribution >= 0.6 is 11.3 Å². The van der Waals surface area contributed by atoms with Crippen LogP contribution in [0.1, 0.15) is 16.8 Å². The first-order valence-electron chi connectivity index (χ1n) is 9.29. The van der Waals surface area contributed by atoms with Crippen molar-refractivity contribution in [3.05, 3.63) is 59.4 Å². The predicted molar refractivity (Wildman–Crippen MR) is 114 cm³/mol. The number of benzene rings is 1. The number of aromatic amines is 1. The quantitative estimate of drug-likeness (QED) is 0.275. The average Bonchev–Trinajstić information content (AvgIpc) is 3.49. The smallest absolute Gasteiger partial charge is 0.216 e. The molecule has 0 aliphatic carbocycles. The van der Waals surface area contributed by atoms with Crippen molar-refractivity contribution in [2.75, 3.05) is 20.1 Å². The molecule has 1 aromatic carbocycles. The van der Waals surface area contributed by atoms with Gasteiger partial charge in [-0.1, -0.05) is 18.2 Å². The van der Waals surface area contributed by atoms with Gasteiger partial charge in [-0.15, -0.1) is 11.3 Å². The average molecular weight is 411 g/mol. The molecule has 4 rings (SSSR count). The Balaban J connectivity index is 1.25. The van der Waals surface area contributed by atoms with Gasteiger partial charge in [0.1, 0.15) is 11.9 Å². The Morgan fingerprint density at radius 2 is 2.17 bits per heavy atom. The van der Waals surface area contributed by atoms with E-state index >= 15 is 0 Å². The SMILES string of the molecule is CN=C(NCCc1nc(-c2ccco2)n[nH]1)NCC(O)c1cc2ccccc2s1. The summed E-state index contributed by atoms with van der Waals surface area (Å²) >= 11 is 1.60. The minimum atomic E-state index is -0.601. The van der Waals surface area contributed by atoms with Crippen molar-refractivity contribution in [1.82, 2.24) is 25.8 Å². The highest BCUT2D eigenvalue weighted by Gasteiger charge is 2.12. The molecule has 150 valence electrons. The van der Waals surface area contributed by atoms with Crippen LogP contribution in [0.4, 0.5) is 0 Å². The van der Waals surface area contributed by atoms with Crippen LogP contribution in [0.5, 0.6) is 0 Å². The summed E-state index contributed by atoms with van der Waals surface area (Å²) in [6.07, 6.45) is 1.64. The number of fused-ring (bicyclic) bond motifs is 1. The molecule has 0 aliphatic rings. The molecule has 1 unspecified atom stereocenters. The molecule has 0 saturated carbocycles. The molecule has 3 aromatic heterocycles. The molecule has 0 amide bonds. The van der Waals surface area contributed by atoms with E-state index in [1.807, 2.05) is 24.3 Å². The second-order valence-corrected chi connectivity index (χ2v) is 7.53. The van der Waals surface area contributed by atoms with E-state index in [1.54, 1.807) is 30.7 Å². The molecule has 0 bridgehead atoms. The Bertz CT molecular complexity index is 1050. The number of aliphatic imine (C=N–C) groups is 1. The third kappa shape index (κ3) is 4.64. The summed E-state index contributed by atoms with van der Waals surface area (Å²) in [7, 11) is 1.70. The number of H-pyrrole nitrogens is 1. The lowest BCUT2D eigenvalue weighted by Crippen LogP contribution is -2.40. The molecule has 1 atom stereocenters. The second kappa shape index (κ2) is 8.89. The number of aromatic nitrogens is 3. The zero-order valence-corrected chi connectivity index (χ0v) is 16.7. The van der Waals surface area contributed by atoms with E-state index in [9.17, 15) is 5.11 Å². The van der Waals surface area contributed by atoms with Gasteiger partial charge in [0.05, 0.1) is 6.26 Å². The maximum absolute atomic E-state index is 10.5. The fraction of sp³-hybridized carbons (Fsp3) is 0.250. The number of nitrogens with one attached hydrogen (secondary N) is 3. The summed E-state index contributed by atoms with van der Waals surface area (Å²) in [4.78, 5) is 9.54. The lowest BCUT2D eigenvalue weighted by atomic mass is 10.2. The molecule has 9 heteroatoms. The number of aliphatic hydroxyl groups excluding tert-OH is 1. The topological polar surface area (TPSA) is 111 Å². The van der Waals surface area contributed by atoms with Gasteiger partial charge in [0.2, 0.25) is 5.82 Å². The highest BCUT2D eigenvalue weighted by atomic mass is 32.1. The normalized spacial score (nSPS) is 13.0. The van der Waals surface area contributed by atoms with Crippen LogP contribution in [0.15, 0.2) is 58.1 Å². The summed E-state index contributed by atoms with van der Waals surface area (Å²) in [5.74, 6) is 2.55. The summed E-state index contributed by atoms with van der Waals surface area (Å²) in [5.41, 5.74) is 0. The third-order valence-electron chi connectivity index (χ3n) is 4.39. The first-order valence-corrected chi connectivity index (χ1v) is 10.1. The summed E-state index contributed by atoms with van der Waals surface area (Å²) < 4.78 is 6.46. The second-order valence-electron chi connectivity index (χ2n) is 6.42. The molecule has 29 heavy (non-hydrogen) atoms. The van der Waals surface area contributed by atoms with Gasteiger partial charge in [-0.25, -0.2) is 4.98 Å². The van der Waals surface area contributed by atoms with Crippen molar-refractivity contribution in [3.63, 3.8) is 0 Å². The van der Waals surface area contributed by atoms with Crippen LogP contribution < -0.4 is 10.6 Å². The van der Waals surface area contributed by atoms with E-state index in [0.29, 0.717) is 37.1 Å². The highest BCUT2D eigenvalue weighted by Crippen LogP contribution is 2.29. The van der Waals surface area contributed by atoms with Crippen LogP contribution in [0.3, 0.4) is 0 Å². The molecule has 0 spiro atoms. The summed E-state index contributed by atoms with van der Waals surface area (Å²) in [5, 5.41) is 25.1. The number of hydrogen-bond acceptors (Lipinski definition) is 6. The van der Waals surface area contributed by atoms with Gasteiger partial charge < -0.3 is 20.2 Å². The van der Waals surface area contributed by atoms with Crippen molar-refractivity contribution < 1.29 is 9.52 Å². The molecular weight excluding hydrogens is 388 g/mol. The Kier molecular flexibility index (Phi) is 5.87. The number of aliphatic hydroxyl groups is 1. The molecule has 3 heterocycles. The Labute approximate surface area is 171 Å². The molecular formula is C20H22N6O2S. The van der Waals surface area contributed by atoms with Crippen molar-refractivity contribution >= 4 is 27.4 Å². The van der Waals surface area contributed by atoms with Gasteiger partial charge in [0, 0.05) is 36.1 Å². The van der Waals surface area contributed by atoms with Gasteiger partial charge in [0.25, 0.3) is 0 Å². The maximum atomic E-state index is 10.5. The Hall–Kier alpha value is -3.17. The van der Waals surface area contributed by atoms with Crippen LogP contribution in [0.25, 0.3) is 21.7 Å². The van der Waals surface area contributed by atoms with E-state index in [1.165, 1.54) is 4.70 Å². The first kappa shape index (κ1) is 19.2. The molecule has 0 aliphatic heterocycles. The lowest BCUT2D eigenvalue weighted by Gasteiger charge is -2.14. The Morgan fingerprint density at radius 3 is 2.97 bits per heavy atom. The van der Waals surface area contributed by atoms with Crippen molar-refractivity contribution in [1.29, 1.82) is 0 Å². The zero-order chi connectivity index (χ0) is 20.1. The third-order valence-corrected chi connectivity index (χ3v) is 5.60. The van der Waals surface area contributed by atoms with E-state index in [2.05, 4.69) is 42.9 Å². The molecule has 8 nitrogen and oxygen atoms in total. The minimum absolute atomic E-state index is 0.372. The predicted octanol–water partition coefficient (Wildman–Crippen LogP) is 2.72. The minimum Gasteiger partial charge on any atom is -0.461 e. The zero-order valence-electron chi connectivity index (χ0n) is 15.9. The van der Waals surface area contributed by atoms with Gasteiger partial charge in [-0.05, 0) is 29.7 Å². The van der Waals surface area contributed by atoms with Gasteiger partial charge in [0.15, 0.2) is 11.7 Å². The maximum Gasteiger partial charge on any atom is 0.216 e. The van der Waals surface area contributed by atoms with Crippen molar-refractivity contribution in [2.45, 2.75) is 12.5 Å². The fourth-order valence-electron chi connectivity index (χ4n) is 2.90. The molecule has 0 saturated heterocycles. The molecule has 4 aromatic rings. The van der Waals surface area contributed by atoms with Crippen LogP contribution in [-0.2, 0) is 6.42 Å². The first-order chi connectivity index (χ1) is 14.2. The van der Waals surface area contributed by atoms with Crippen molar-refractivity contribution in [3.8, 4) is 11.6 Å². The van der Waals surface area contributed by atoms with Gasteiger partial charge >= 0.3 is 0 Å². The number of nitrogens with zero attached hydrogens (tertiary/aromatic N) is 3. The van der Waals surface area contributed by atoms with Gasteiger partial charge in [-0.3, -0.25) is 10.1 Å². The van der Waals surface area contributed by atoms with Crippen LogP contribution in [-0.4, -0.2) is 46.4 Å². The van der Waals surface area contributed by atoms with E-state index in [4.69, 9.17) is 4.42 Å². The summed E-state index contributed by atoms with van der Waals surface area (Å²) in [6.45, 7) is 0.989. The van der Waals surface area contributed by atoms with Crippen LogP contribution in [0, 0.1) is 0 Å². The molecule has 0 fully saturated rings. The number of guanidine groups is 1. The standard InChI is InChI=1S/C20H22N6O2S/c1-21-20(22-9-8-18-24-19(26-25-18)15-6-4-10-28-15)23-12-14(27)17-11-13-5-2-3-7-16(13)29-17/h2-7,10-11,14,27H,8-9,12H2,1H3,(H2,21,22,23)(H,24,25,26). The highest BCUT2D eigenvalue weighted by molar-refractivity contribution is 7.19. The summed E-state index contributed by atoms with van der Waals surface area (Å²) in [6, 6.07) is 13.8. The molecule has 0 radical (unpaired) electrons. The van der Waals surface area contributed by atoms with E-state index < -0.39 is 6.10 Å². The largest absolute Gasteiger partial charge is 0.461 e. The van der Waals surface area contributed by atoms with Crippen molar-refractivity contribution in [2.24, 2.45) is 4.99 Å². The number of rotatable bonds is 7. The van der Waals surface area contributed by atoms with E-state index in [-0.39, 0.29) is 0 Å². The Morgan fingerprint density at radius 1 is 1.28 bits per heavy atom.